The van der Waals surface area contributed by atoms with Crippen LogP contribution in [-0.4, -0.2) is 4.57 Å². The van der Waals surface area contributed by atoms with E-state index >= 15 is 0 Å². The zero-order valence-corrected chi connectivity index (χ0v) is 6.93. The Balaban J connectivity index is 3.29. The van der Waals surface area contributed by atoms with Gasteiger partial charge in [-0.1, -0.05) is 34.8 Å². The smallest absolute Gasteiger partial charge is 0.128 e. The van der Waals surface area contributed by atoms with Gasteiger partial charge in [-0.15, -0.1) is 0 Å². The van der Waals surface area contributed by atoms with Crippen molar-refractivity contribution in [3.8, 4) is 0 Å². The minimum absolute atomic E-state index is 0.474. The lowest BCUT2D eigenvalue weighted by Crippen LogP contribution is -1.84. The first kappa shape index (κ1) is 7.26. The van der Waals surface area contributed by atoms with E-state index in [0.29, 0.717) is 15.3 Å². The minimum atomic E-state index is 0.474. The molecule has 4 heteroatoms. The summed E-state index contributed by atoms with van der Waals surface area (Å²) in [5.41, 5.74) is 0. The molecule has 0 spiro atoms. The third-order valence-electron chi connectivity index (χ3n) is 1.06. The molecular formula is C5H4Cl3N. The van der Waals surface area contributed by atoms with Gasteiger partial charge in [0.25, 0.3) is 0 Å². The molecule has 50 valence electrons. The van der Waals surface area contributed by atoms with E-state index < -0.39 is 0 Å². The molecule has 0 unspecified atom stereocenters. The largest absolute Gasteiger partial charge is 0.325 e. The lowest BCUT2D eigenvalue weighted by molar-refractivity contribution is 0.930. The minimum Gasteiger partial charge on any atom is -0.325 e. The first-order valence-corrected chi connectivity index (χ1v) is 3.42. The molecule has 0 aliphatic rings. The zero-order chi connectivity index (χ0) is 7.02. The van der Waals surface area contributed by atoms with E-state index in [2.05, 4.69) is 0 Å². The Morgan fingerprint density at radius 3 is 2.00 bits per heavy atom. The van der Waals surface area contributed by atoms with Gasteiger partial charge in [-0.3, -0.25) is 0 Å². The second-order valence-electron chi connectivity index (χ2n) is 1.66. The summed E-state index contributed by atoms with van der Waals surface area (Å²) in [4.78, 5) is 0. The zero-order valence-electron chi connectivity index (χ0n) is 4.66. The van der Waals surface area contributed by atoms with E-state index in [1.807, 2.05) is 0 Å². The fraction of sp³-hybridized carbons (Fsp3) is 0.200. The van der Waals surface area contributed by atoms with E-state index in [1.54, 1.807) is 17.7 Å². The summed E-state index contributed by atoms with van der Waals surface area (Å²) in [6.07, 6.45) is 0. The van der Waals surface area contributed by atoms with Crippen molar-refractivity contribution in [2.24, 2.45) is 7.05 Å². The number of nitrogens with zero attached hydrogens (tertiary/aromatic N) is 1. The van der Waals surface area contributed by atoms with Crippen LogP contribution in [0.25, 0.3) is 0 Å². The molecule has 0 saturated carbocycles. The van der Waals surface area contributed by atoms with Crippen molar-refractivity contribution in [1.82, 2.24) is 4.57 Å². The first-order chi connectivity index (χ1) is 4.13. The Bertz CT molecular complexity index is 206. The number of aromatic nitrogens is 1. The summed E-state index contributed by atoms with van der Waals surface area (Å²) < 4.78 is 1.60. The molecule has 0 saturated heterocycles. The van der Waals surface area contributed by atoms with Crippen LogP contribution in [0.3, 0.4) is 0 Å². The highest BCUT2D eigenvalue weighted by Crippen LogP contribution is 2.27. The fourth-order valence-electron chi connectivity index (χ4n) is 0.515. The number of rotatable bonds is 0. The highest BCUT2D eigenvalue weighted by molar-refractivity contribution is 6.43. The first-order valence-electron chi connectivity index (χ1n) is 2.29. The van der Waals surface area contributed by atoms with Gasteiger partial charge in [0.15, 0.2) is 0 Å². The van der Waals surface area contributed by atoms with Gasteiger partial charge in [0.1, 0.15) is 10.3 Å². The van der Waals surface area contributed by atoms with Gasteiger partial charge in [-0.2, -0.15) is 0 Å². The van der Waals surface area contributed by atoms with Crippen molar-refractivity contribution in [2.45, 2.75) is 0 Å². The highest BCUT2D eigenvalue weighted by atomic mass is 35.5. The van der Waals surface area contributed by atoms with E-state index in [4.69, 9.17) is 34.8 Å². The van der Waals surface area contributed by atoms with Crippen molar-refractivity contribution >= 4 is 34.8 Å². The Kier molecular flexibility index (Phi) is 1.94. The number of hydrogen-bond acceptors (Lipinski definition) is 0. The highest BCUT2D eigenvalue weighted by Gasteiger charge is 2.04. The van der Waals surface area contributed by atoms with Crippen LogP contribution < -0.4 is 0 Å². The van der Waals surface area contributed by atoms with Crippen LogP contribution in [0.4, 0.5) is 0 Å². The number of halogens is 3. The van der Waals surface area contributed by atoms with Crippen LogP contribution in [0.1, 0.15) is 0 Å². The van der Waals surface area contributed by atoms with Gasteiger partial charge < -0.3 is 4.57 Å². The average Bonchev–Trinajstić information content (AvgIpc) is 1.98. The van der Waals surface area contributed by atoms with Gasteiger partial charge in [0.2, 0.25) is 0 Å². The average molecular weight is 184 g/mol. The van der Waals surface area contributed by atoms with Gasteiger partial charge in [0, 0.05) is 7.05 Å². The van der Waals surface area contributed by atoms with Crippen LogP contribution in [0, 0.1) is 0 Å². The summed E-state index contributed by atoms with van der Waals surface area (Å²) >= 11 is 16.9. The molecule has 1 aromatic heterocycles. The molecule has 1 aromatic rings. The molecule has 0 atom stereocenters. The Labute approximate surface area is 68.1 Å². The molecule has 9 heavy (non-hydrogen) atoms. The Morgan fingerprint density at radius 2 is 1.89 bits per heavy atom. The Hall–Kier alpha value is 0.150. The van der Waals surface area contributed by atoms with Crippen molar-refractivity contribution in [3.63, 3.8) is 0 Å². The quantitative estimate of drug-likeness (QED) is 0.584. The third kappa shape index (κ3) is 1.18. The SMILES string of the molecule is Cn1c(Cl)cc(Cl)c1Cl. The maximum absolute atomic E-state index is 5.65. The van der Waals surface area contributed by atoms with E-state index in [-0.39, 0.29) is 0 Å². The molecule has 0 aromatic carbocycles. The van der Waals surface area contributed by atoms with Gasteiger partial charge in [-0.05, 0) is 6.07 Å². The standard InChI is InChI=1S/C5H4Cl3N/c1-9-4(7)2-3(6)5(9)8/h2H,1H3. The van der Waals surface area contributed by atoms with Crippen molar-refractivity contribution in [2.75, 3.05) is 0 Å². The predicted octanol–water partition coefficient (Wildman–Crippen LogP) is 2.99. The van der Waals surface area contributed by atoms with Crippen molar-refractivity contribution in [3.05, 3.63) is 21.4 Å². The monoisotopic (exact) mass is 183 g/mol. The summed E-state index contributed by atoms with van der Waals surface area (Å²) in [5, 5.41) is 1.51. The molecular weight excluding hydrogens is 180 g/mol. The van der Waals surface area contributed by atoms with Crippen LogP contribution in [0.2, 0.25) is 15.3 Å². The summed E-state index contributed by atoms with van der Waals surface area (Å²) in [6, 6.07) is 1.60. The van der Waals surface area contributed by atoms with E-state index in [0.717, 1.165) is 0 Å². The maximum atomic E-state index is 5.65. The molecule has 0 aliphatic carbocycles. The lowest BCUT2D eigenvalue weighted by Gasteiger charge is -1.92. The summed E-state index contributed by atoms with van der Waals surface area (Å²) in [7, 11) is 1.75. The van der Waals surface area contributed by atoms with E-state index in [1.165, 1.54) is 0 Å². The van der Waals surface area contributed by atoms with Crippen LogP contribution >= 0.6 is 34.8 Å². The maximum Gasteiger partial charge on any atom is 0.128 e. The summed E-state index contributed by atoms with van der Waals surface area (Å²) in [5.74, 6) is 0. The third-order valence-corrected chi connectivity index (χ3v) is 2.26. The molecule has 0 aliphatic heterocycles. The molecule has 0 bridgehead atoms. The Morgan fingerprint density at radius 1 is 1.33 bits per heavy atom. The van der Waals surface area contributed by atoms with E-state index in [9.17, 15) is 0 Å². The van der Waals surface area contributed by atoms with Gasteiger partial charge >= 0.3 is 0 Å². The molecule has 1 nitrogen and oxygen atoms in total. The lowest BCUT2D eigenvalue weighted by atomic mass is 10.7. The molecule has 0 fully saturated rings. The molecule has 1 rings (SSSR count). The molecule has 1 heterocycles. The topological polar surface area (TPSA) is 4.93 Å². The normalized spacial score (nSPS) is 10.2. The molecule has 0 amide bonds. The van der Waals surface area contributed by atoms with Crippen molar-refractivity contribution in [1.29, 1.82) is 0 Å². The summed E-state index contributed by atoms with van der Waals surface area (Å²) in [6.45, 7) is 0. The molecule has 0 N–H and O–H groups in total. The van der Waals surface area contributed by atoms with Crippen LogP contribution in [-0.2, 0) is 7.05 Å². The molecule has 0 radical (unpaired) electrons. The predicted molar refractivity (Wildman–Crippen MR) is 40.4 cm³/mol. The number of hydrogen-bond donors (Lipinski definition) is 0. The van der Waals surface area contributed by atoms with Gasteiger partial charge in [0.05, 0.1) is 5.02 Å². The van der Waals surface area contributed by atoms with Crippen LogP contribution in [0.5, 0.6) is 0 Å². The van der Waals surface area contributed by atoms with Crippen molar-refractivity contribution < 1.29 is 0 Å². The second kappa shape index (κ2) is 2.41. The second-order valence-corrected chi connectivity index (χ2v) is 2.82. The fourth-order valence-corrected chi connectivity index (χ4v) is 1.18. The van der Waals surface area contributed by atoms with Crippen LogP contribution in [0.15, 0.2) is 6.07 Å². The van der Waals surface area contributed by atoms with Gasteiger partial charge in [-0.25, -0.2) is 0 Å².